The van der Waals surface area contributed by atoms with Crippen molar-refractivity contribution in [3.8, 4) is 0 Å². The second kappa shape index (κ2) is 8.06. The van der Waals surface area contributed by atoms with Gasteiger partial charge in [0.25, 0.3) is 11.1 Å². The highest BCUT2D eigenvalue weighted by atomic mass is 35.5. The molecule has 0 aliphatic carbocycles. The minimum atomic E-state index is -0.361. The lowest BCUT2D eigenvalue weighted by Gasteiger charge is -2.18. The molecule has 5 nitrogen and oxygen atoms in total. The summed E-state index contributed by atoms with van der Waals surface area (Å²) < 4.78 is 0. The first-order valence-electron chi connectivity index (χ1n) is 7.94. The SMILES string of the molecule is CC(C)(C)CC(=O)NCCN1C(=O)SC(=Cc2ccccc2Cl)C1=O. The molecule has 0 saturated carbocycles. The molecule has 0 bridgehead atoms. The lowest BCUT2D eigenvalue weighted by Crippen LogP contribution is -2.38. The van der Waals surface area contributed by atoms with Gasteiger partial charge in [-0.1, -0.05) is 50.6 Å². The monoisotopic (exact) mass is 380 g/mol. The lowest BCUT2D eigenvalue weighted by atomic mass is 9.92. The minimum Gasteiger partial charge on any atom is -0.354 e. The van der Waals surface area contributed by atoms with E-state index in [4.69, 9.17) is 11.6 Å². The number of carbonyl (C=O) groups is 3. The lowest BCUT2D eigenvalue weighted by molar-refractivity contribution is -0.125. The van der Waals surface area contributed by atoms with Crippen LogP contribution in [0.3, 0.4) is 0 Å². The Hall–Kier alpha value is -1.79. The summed E-state index contributed by atoms with van der Waals surface area (Å²) in [5, 5.41) is 2.92. The maximum Gasteiger partial charge on any atom is 0.293 e. The molecule has 3 amide bonds. The Morgan fingerprint density at radius 1 is 1.28 bits per heavy atom. The van der Waals surface area contributed by atoms with Crippen molar-refractivity contribution in [2.75, 3.05) is 13.1 Å². The molecule has 1 saturated heterocycles. The molecular weight excluding hydrogens is 360 g/mol. The Bertz CT molecular complexity index is 725. The highest BCUT2D eigenvalue weighted by Gasteiger charge is 2.34. The van der Waals surface area contributed by atoms with Crippen LogP contribution in [0.4, 0.5) is 4.79 Å². The first-order chi connectivity index (χ1) is 11.7. The number of hydrogen-bond donors (Lipinski definition) is 1. The van der Waals surface area contributed by atoms with Gasteiger partial charge in [0.05, 0.1) is 4.91 Å². The zero-order valence-corrected chi connectivity index (χ0v) is 16.0. The van der Waals surface area contributed by atoms with Gasteiger partial charge in [-0.3, -0.25) is 19.3 Å². The van der Waals surface area contributed by atoms with Gasteiger partial charge in [-0.15, -0.1) is 0 Å². The number of rotatable bonds is 5. The fourth-order valence-electron chi connectivity index (χ4n) is 2.28. The molecule has 2 rings (SSSR count). The van der Waals surface area contributed by atoms with Crippen LogP contribution in [0.15, 0.2) is 29.2 Å². The molecule has 1 heterocycles. The van der Waals surface area contributed by atoms with Gasteiger partial charge in [0.1, 0.15) is 0 Å². The van der Waals surface area contributed by atoms with Gasteiger partial charge in [-0.2, -0.15) is 0 Å². The number of nitrogens with zero attached hydrogens (tertiary/aromatic N) is 1. The standard InChI is InChI=1S/C18H21ClN2O3S/c1-18(2,3)11-15(22)20-8-9-21-16(23)14(25-17(21)24)10-12-6-4-5-7-13(12)19/h4-7,10H,8-9,11H2,1-3H3,(H,20,22). The Kier molecular flexibility index (Phi) is 6.30. The number of nitrogens with one attached hydrogen (secondary N) is 1. The van der Waals surface area contributed by atoms with Crippen molar-refractivity contribution >= 4 is 46.5 Å². The molecule has 25 heavy (non-hydrogen) atoms. The largest absolute Gasteiger partial charge is 0.354 e. The molecular formula is C18H21ClN2O3S. The van der Waals surface area contributed by atoms with E-state index in [1.807, 2.05) is 26.8 Å². The first kappa shape index (κ1) is 19.5. The number of halogens is 1. The third-order valence-corrected chi connectivity index (χ3v) is 4.67. The van der Waals surface area contributed by atoms with E-state index < -0.39 is 0 Å². The molecule has 0 unspecified atom stereocenters. The van der Waals surface area contributed by atoms with Crippen LogP contribution < -0.4 is 5.32 Å². The maximum atomic E-state index is 12.4. The van der Waals surface area contributed by atoms with Crippen LogP contribution in [0.25, 0.3) is 6.08 Å². The number of hydrogen-bond acceptors (Lipinski definition) is 4. The quantitative estimate of drug-likeness (QED) is 0.786. The van der Waals surface area contributed by atoms with Crippen LogP contribution >= 0.6 is 23.4 Å². The van der Waals surface area contributed by atoms with E-state index in [-0.39, 0.29) is 35.6 Å². The summed E-state index contributed by atoms with van der Waals surface area (Å²) in [5.74, 6) is -0.453. The van der Waals surface area contributed by atoms with Crippen molar-refractivity contribution in [2.45, 2.75) is 27.2 Å². The summed E-state index contributed by atoms with van der Waals surface area (Å²) in [4.78, 5) is 37.7. The first-order valence-corrected chi connectivity index (χ1v) is 9.13. The summed E-state index contributed by atoms with van der Waals surface area (Å²) >= 11 is 6.96. The average molecular weight is 381 g/mol. The molecule has 134 valence electrons. The molecule has 0 atom stereocenters. The predicted octanol–water partition coefficient (Wildman–Crippen LogP) is 3.93. The highest BCUT2D eigenvalue weighted by molar-refractivity contribution is 8.18. The van der Waals surface area contributed by atoms with E-state index in [2.05, 4.69) is 5.32 Å². The summed E-state index contributed by atoms with van der Waals surface area (Å²) in [6.45, 7) is 6.32. The van der Waals surface area contributed by atoms with Crippen LogP contribution in [0.1, 0.15) is 32.8 Å². The molecule has 1 aromatic rings. The molecule has 1 aliphatic rings. The van der Waals surface area contributed by atoms with Crippen LogP contribution in [0.2, 0.25) is 5.02 Å². The van der Waals surface area contributed by atoms with E-state index in [1.54, 1.807) is 24.3 Å². The van der Waals surface area contributed by atoms with Crippen LogP contribution in [0, 0.1) is 5.41 Å². The zero-order chi connectivity index (χ0) is 18.6. The molecule has 1 aromatic carbocycles. The summed E-state index contributed by atoms with van der Waals surface area (Å²) in [6.07, 6.45) is 2.01. The van der Waals surface area contributed by atoms with Crippen molar-refractivity contribution in [3.05, 3.63) is 39.8 Å². The predicted molar refractivity (Wildman–Crippen MR) is 101 cm³/mol. The molecule has 1 fully saturated rings. The van der Waals surface area contributed by atoms with Gasteiger partial charge in [0.15, 0.2) is 0 Å². The van der Waals surface area contributed by atoms with Gasteiger partial charge in [-0.05, 0) is 34.9 Å². The zero-order valence-electron chi connectivity index (χ0n) is 14.5. The van der Waals surface area contributed by atoms with Crippen molar-refractivity contribution < 1.29 is 14.4 Å². The van der Waals surface area contributed by atoms with Crippen molar-refractivity contribution in [1.82, 2.24) is 10.2 Å². The normalized spacial score (nSPS) is 16.6. The van der Waals surface area contributed by atoms with E-state index in [9.17, 15) is 14.4 Å². The Morgan fingerprint density at radius 2 is 1.96 bits per heavy atom. The number of imide groups is 1. The van der Waals surface area contributed by atoms with E-state index in [0.29, 0.717) is 21.9 Å². The number of benzene rings is 1. The minimum absolute atomic E-state index is 0.0916. The van der Waals surface area contributed by atoms with Crippen molar-refractivity contribution in [1.29, 1.82) is 0 Å². The second-order valence-corrected chi connectivity index (χ2v) is 8.34. The Labute approximate surface area is 156 Å². The molecule has 0 radical (unpaired) electrons. The molecule has 0 spiro atoms. The summed E-state index contributed by atoms with van der Waals surface area (Å²) in [7, 11) is 0. The van der Waals surface area contributed by atoms with E-state index in [0.717, 1.165) is 16.7 Å². The average Bonchev–Trinajstić information content (AvgIpc) is 2.75. The second-order valence-electron chi connectivity index (χ2n) is 6.94. The molecule has 1 aliphatic heterocycles. The smallest absolute Gasteiger partial charge is 0.293 e. The fourth-order valence-corrected chi connectivity index (χ4v) is 3.32. The van der Waals surface area contributed by atoms with Crippen molar-refractivity contribution in [2.24, 2.45) is 5.41 Å². The van der Waals surface area contributed by atoms with Gasteiger partial charge in [-0.25, -0.2) is 0 Å². The van der Waals surface area contributed by atoms with Gasteiger partial charge < -0.3 is 5.32 Å². The molecule has 0 aromatic heterocycles. The number of amides is 3. The molecule has 1 N–H and O–H groups in total. The topological polar surface area (TPSA) is 66.5 Å². The van der Waals surface area contributed by atoms with Gasteiger partial charge in [0.2, 0.25) is 5.91 Å². The Morgan fingerprint density at radius 3 is 2.60 bits per heavy atom. The van der Waals surface area contributed by atoms with Crippen LogP contribution in [-0.2, 0) is 9.59 Å². The number of carbonyl (C=O) groups excluding carboxylic acids is 3. The summed E-state index contributed by atoms with van der Waals surface area (Å²) in [5.41, 5.74) is 0.581. The third kappa shape index (κ3) is 5.61. The highest BCUT2D eigenvalue weighted by Crippen LogP contribution is 2.33. The van der Waals surface area contributed by atoms with Gasteiger partial charge >= 0.3 is 0 Å². The third-order valence-electron chi connectivity index (χ3n) is 3.41. The summed E-state index contributed by atoms with van der Waals surface area (Å²) in [6, 6.07) is 7.11. The Balaban J connectivity index is 1.95. The number of thioether (sulfide) groups is 1. The molecule has 7 heteroatoms. The van der Waals surface area contributed by atoms with Crippen LogP contribution in [0.5, 0.6) is 0 Å². The van der Waals surface area contributed by atoms with E-state index >= 15 is 0 Å². The fraction of sp³-hybridized carbons (Fsp3) is 0.389. The van der Waals surface area contributed by atoms with E-state index in [1.165, 1.54) is 0 Å². The maximum absolute atomic E-state index is 12.4. The van der Waals surface area contributed by atoms with Gasteiger partial charge in [0, 0.05) is 24.5 Å². The van der Waals surface area contributed by atoms with Crippen LogP contribution in [-0.4, -0.2) is 35.0 Å². The van der Waals surface area contributed by atoms with Crippen molar-refractivity contribution in [3.63, 3.8) is 0 Å².